The van der Waals surface area contributed by atoms with Gasteiger partial charge in [0.15, 0.2) is 0 Å². The second-order valence-corrected chi connectivity index (χ2v) is 10.5. The SMILES string of the molecule is CCc1cc(CC(C)(C)c2cccc3c2sc2ccccc23)cc2c1oc1ccccc12. The highest BCUT2D eigenvalue weighted by atomic mass is 32.1. The molecule has 0 spiro atoms. The summed E-state index contributed by atoms with van der Waals surface area (Å²) >= 11 is 1.92. The molecular formula is C30H26OS. The molecule has 0 aliphatic heterocycles. The molecule has 6 aromatic rings. The standard InChI is InChI=1S/C30H26OS/c1-4-20-16-19(17-24-21-10-5-7-14-26(21)31-28(20)24)18-30(2,3)25-13-9-12-23-22-11-6-8-15-27(22)32-29(23)25/h5-17H,4,18H2,1-3H3. The Labute approximate surface area is 192 Å². The minimum atomic E-state index is 0.0125. The molecule has 0 unspecified atom stereocenters. The summed E-state index contributed by atoms with van der Waals surface area (Å²) in [6.07, 6.45) is 1.96. The van der Waals surface area contributed by atoms with Gasteiger partial charge in [-0.25, -0.2) is 0 Å². The lowest BCUT2D eigenvalue weighted by Crippen LogP contribution is -2.20. The van der Waals surface area contributed by atoms with E-state index < -0.39 is 0 Å². The number of furan rings is 1. The Hall–Kier alpha value is -3.10. The van der Waals surface area contributed by atoms with Gasteiger partial charge >= 0.3 is 0 Å². The van der Waals surface area contributed by atoms with E-state index in [0.717, 1.165) is 24.0 Å². The van der Waals surface area contributed by atoms with Crippen LogP contribution in [-0.4, -0.2) is 0 Å². The third-order valence-corrected chi connectivity index (χ3v) is 8.00. The van der Waals surface area contributed by atoms with Crippen molar-refractivity contribution >= 4 is 53.4 Å². The van der Waals surface area contributed by atoms with Gasteiger partial charge in [0, 0.05) is 30.9 Å². The van der Waals surface area contributed by atoms with Gasteiger partial charge in [-0.1, -0.05) is 81.4 Å². The number of thiophene rings is 1. The second kappa shape index (κ2) is 7.21. The van der Waals surface area contributed by atoms with Gasteiger partial charge < -0.3 is 4.42 Å². The number of para-hydroxylation sites is 1. The lowest BCUT2D eigenvalue weighted by Gasteiger charge is -2.26. The molecule has 0 saturated heterocycles. The Bertz CT molecular complexity index is 1610. The van der Waals surface area contributed by atoms with Gasteiger partial charge in [0.25, 0.3) is 0 Å². The van der Waals surface area contributed by atoms with Gasteiger partial charge in [0.1, 0.15) is 11.2 Å². The number of fused-ring (bicyclic) bond motifs is 6. The number of hydrogen-bond donors (Lipinski definition) is 0. The minimum absolute atomic E-state index is 0.0125. The summed E-state index contributed by atoms with van der Waals surface area (Å²) in [5, 5.41) is 5.20. The molecule has 0 aliphatic carbocycles. The molecule has 0 atom stereocenters. The molecule has 2 heteroatoms. The zero-order valence-corrected chi connectivity index (χ0v) is 19.6. The molecule has 2 heterocycles. The summed E-state index contributed by atoms with van der Waals surface area (Å²) in [7, 11) is 0. The van der Waals surface area contributed by atoms with E-state index in [4.69, 9.17) is 4.42 Å². The molecule has 4 aromatic carbocycles. The lowest BCUT2D eigenvalue weighted by atomic mass is 9.78. The highest BCUT2D eigenvalue weighted by Crippen LogP contribution is 2.42. The molecule has 0 saturated carbocycles. The van der Waals surface area contributed by atoms with Crippen molar-refractivity contribution < 1.29 is 4.42 Å². The maximum atomic E-state index is 6.24. The largest absolute Gasteiger partial charge is 0.456 e. The molecule has 0 aliphatic rings. The fourth-order valence-electron chi connectivity index (χ4n) is 5.21. The van der Waals surface area contributed by atoms with E-state index in [-0.39, 0.29) is 5.41 Å². The summed E-state index contributed by atoms with van der Waals surface area (Å²) in [5.74, 6) is 0. The van der Waals surface area contributed by atoms with Crippen molar-refractivity contribution in [3.8, 4) is 0 Å². The third-order valence-electron chi connectivity index (χ3n) is 6.78. The maximum Gasteiger partial charge on any atom is 0.138 e. The lowest BCUT2D eigenvalue weighted by molar-refractivity contribution is 0.527. The number of aryl methyl sites for hydroxylation is 1. The molecule has 0 radical (unpaired) electrons. The van der Waals surface area contributed by atoms with Crippen LogP contribution in [0, 0.1) is 0 Å². The Morgan fingerprint density at radius 3 is 2.38 bits per heavy atom. The van der Waals surface area contributed by atoms with Gasteiger partial charge in [-0.2, -0.15) is 0 Å². The van der Waals surface area contributed by atoms with Gasteiger partial charge in [-0.3, -0.25) is 0 Å². The van der Waals surface area contributed by atoms with Crippen molar-refractivity contribution in [2.24, 2.45) is 0 Å². The van der Waals surface area contributed by atoms with Gasteiger partial charge in [-0.15, -0.1) is 11.3 Å². The quantitative estimate of drug-likeness (QED) is 0.270. The van der Waals surface area contributed by atoms with E-state index in [1.807, 2.05) is 17.4 Å². The van der Waals surface area contributed by atoms with Crippen molar-refractivity contribution in [3.05, 3.63) is 95.6 Å². The third kappa shape index (κ3) is 2.97. The average molecular weight is 435 g/mol. The first kappa shape index (κ1) is 19.6. The topological polar surface area (TPSA) is 13.1 Å². The van der Waals surface area contributed by atoms with Crippen LogP contribution in [-0.2, 0) is 18.3 Å². The van der Waals surface area contributed by atoms with Gasteiger partial charge in [0.05, 0.1) is 0 Å². The predicted octanol–water partition coefficient (Wildman–Crippen LogP) is 9.04. The van der Waals surface area contributed by atoms with Crippen LogP contribution in [0.1, 0.15) is 37.5 Å². The first-order valence-corrected chi connectivity index (χ1v) is 12.2. The van der Waals surface area contributed by atoms with E-state index in [9.17, 15) is 0 Å². The second-order valence-electron chi connectivity index (χ2n) is 9.42. The van der Waals surface area contributed by atoms with Gasteiger partial charge in [-0.05, 0) is 53.1 Å². The van der Waals surface area contributed by atoms with Crippen LogP contribution < -0.4 is 0 Å². The Morgan fingerprint density at radius 1 is 0.781 bits per heavy atom. The average Bonchev–Trinajstić information content (AvgIpc) is 3.36. The van der Waals surface area contributed by atoms with Crippen molar-refractivity contribution in [3.63, 3.8) is 0 Å². The number of benzene rings is 4. The molecular weight excluding hydrogens is 408 g/mol. The normalized spacial score (nSPS) is 12.5. The fourth-order valence-corrected chi connectivity index (χ4v) is 6.61. The van der Waals surface area contributed by atoms with Crippen LogP contribution in [0.5, 0.6) is 0 Å². The maximum absolute atomic E-state index is 6.24. The monoisotopic (exact) mass is 434 g/mol. The summed E-state index contributed by atoms with van der Waals surface area (Å²) < 4.78 is 9.02. The van der Waals surface area contributed by atoms with Crippen molar-refractivity contribution in [1.82, 2.24) is 0 Å². The van der Waals surface area contributed by atoms with Crippen LogP contribution in [0.25, 0.3) is 42.1 Å². The first-order chi connectivity index (χ1) is 15.5. The van der Waals surface area contributed by atoms with Crippen LogP contribution >= 0.6 is 11.3 Å². The molecule has 1 nitrogen and oxygen atoms in total. The van der Waals surface area contributed by atoms with E-state index in [1.165, 1.54) is 47.6 Å². The van der Waals surface area contributed by atoms with Gasteiger partial charge in [0.2, 0.25) is 0 Å². The van der Waals surface area contributed by atoms with E-state index in [2.05, 4.69) is 93.6 Å². The Morgan fingerprint density at radius 2 is 1.53 bits per heavy atom. The van der Waals surface area contributed by atoms with Crippen LogP contribution in [0.4, 0.5) is 0 Å². The summed E-state index contributed by atoms with van der Waals surface area (Å²) in [6, 6.07) is 28.7. The van der Waals surface area contributed by atoms with E-state index in [1.54, 1.807) is 0 Å². The highest BCUT2D eigenvalue weighted by molar-refractivity contribution is 7.26. The summed E-state index contributed by atoms with van der Waals surface area (Å²) in [4.78, 5) is 0. The number of hydrogen-bond acceptors (Lipinski definition) is 2. The van der Waals surface area contributed by atoms with Crippen LogP contribution in [0.3, 0.4) is 0 Å². The molecule has 2 aromatic heterocycles. The minimum Gasteiger partial charge on any atom is -0.456 e. The van der Waals surface area contributed by atoms with E-state index in [0.29, 0.717) is 0 Å². The fraction of sp³-hybridized carbons (Fsp3) is 0.200. The van der Waals surface area contributed by atoms with Crippen LogP contribution in [0.2, 0.25) is 0 Å². The summed E-state index contributed by atoms with van der Waals surface area (Å²) in [5.41, 5.74) is 6.14. The predicted molar refractivity (Wildman–Crippen MR) is 139 cm³/mol. The molecule has 0 fully saturated rings. The molecule has 32 heavy (non-hydrogen) atoms. The molecule has 0 amide bonds. The van der Waals surface area contributed by atoms with Crippen molar-refractivity contribution in [2.45, 2.75) is 39.0 Å². The highest BCUT2D eigenvalue weighted by Gasteiger charge is 2.26. The molecule has 158 valence electrons. The zero-order valence-electron chi connectivity index (χ0n) is 18.7. The molecule has 0 N–H and O–H groups in total. The van der Waals surface area contributed by atoms with Crippen LogP contribution in [0.15, 0.2) is 83.3 Å². The summed E-state index contributed by atoms with van der Waals surface area (Å²) in [6.45, 7) is 6.99. The van der Waals surface area contributed by atoms with E-state index >= 15 is 0 Å². The molecule has 6 rings (SSSR count). The molecule has 0 bridgehead atoms. The van der Waals surface area contributed by atoms with Crippen molar-refractivity contribution in [2.75, 3.05) is 0 Å². The zero-order chi connectivity index (χ0) is 21.9. The Balaban J connectivity index is 1.50. The van der Waals surface area contributed by atoms with Crippen molar-refractivity contribution in [1.29, 1.82) is 0 Å². The smallest absolute Gasteiger partial charge is 0.138 e. The first-order valence-electron chi connectivity index (χ1n) is 11.4. The number of rotatable bonds is 4. The Kier molecular flexibility index (Phi) is 4.41.